The second-order valence-corrected chi connectivity index (χ2v) is 7.23. The number of nitrogens with two attached hydrogens (primary N) is 1. The highest BCUT2D eigenvalue weighted by atomic mass is 32.2. The smallest absolute Gasteiger partial charge is 0.243 e. The summed E-state index contributed by atoms with van der Waals surface area (Å²) in [4.78, 5) is 2.14. The first-order valence-corrected chi connectivity index (χ1v) is 8.53. The lowest BCUT2D eigenvalue weighted by Crippen LogP contribution is -2.52. The second-order valence-electron chi connectivity index (χ2n) is 5.33. The lowest BCUT2D eigenvalue weighted by atomic mass is 10.1. The summed E-state index contributed by atoms with van der Waals surface area (Å²) >= 11 is 0. The van der Waals surface area contributed by atoms with Gasteiger partial charge in [0.1, 0.15) is 5.82 Å². The number of likely N-dealkylation sites (N-methyl/N-ethyl adjacent to an activating group) is 1. The van der Waals surface area contributed by atoms with Crippen molar-refractivity contribution in [3.63, 3.8) is 0 Å². The van der Waals surface area contributed by atoms with E-state index in [0.29, 0.717) is 19.6 Å². The number of halogens is 1. The Labute approximate surface area is 125 Å². The van der Waals surface area contributed by atoms with Crippen LogP contribution in [0.25, 0.3) is 0 Å². The molecular formula is C14H22FN3O2S. The number of hydrogen-bond acceptors (Lipinski definition) is 4. The molecule has 0 aliphatic carbocycles. The van der Waals surface area contributed by atoms with Gasteiger partial charge in [-0.2, -0.15) is 4.31 Å². The number of rotatable bonds is 4. The van der Waals surface area contributed by atoms with Gasteiger partial charge in [-0.1, -0.05) is 13.0 Å². The Morgan fingerprint density at radius 1 is 1.38 bits per heavy atom. The molecule has 2 N–H and O–H groups in total. The highest BCUT2D eigenvalue weighted by Gasteiger charge is 2.33. The van der Waals surface area contributed by atoms with Crippen molar-refractivity contribution < 1.29 is 12.8 Å². The number of piperazine rings is 1. The van der Waals surface area contributed by atoms with Gasteiger partial charge in [0.15, 0.2) is 0 Å². The molecule has 1 atom stereocenters. The maximum Gasteiger partial charge on any atom is 0.243 e. The first kappa shape index (κ1) is 16.4. The zero-order valence-corrected chi connectivity index (χ0v) is 13.2. The van der Waals surface area contributed by atoms with Crippen molar-refractivity contribution in [2.45, 2.75) is 30.8 Å². The van der Waals surface area contributed by atoms with Crippen LogP contribution in [0.15, 0.2) is 23.1 Å². The van der Waals surface area contributed by atoms with Crippen molar-refractivity contribution in [2.75, 3.05) is 26.7 Å². The summed E-state index contributed by atoms with van der Waals surface area (Å²) in [5.74, 6) is -0.570. The Kier molecular flexibility index (Phi) is 4.98. The van der Waals surface area contributed by atoms with Crippen LogP contribution in [0.1, 0.15) is 18.9 Å². The number of nitrogens with zero attached hydrogens (tertiary/aromatic N) is 2. The molecule has 1 aromatic carbocycles. The summed E-state index contributed by atoms with van der Waals surface area (Å²) < 4.78 is 40.8. The fraction of sp³-hybridized carbons (Fsp3) is 0.571. The highest BCUT2D eigenvalue weighted by Crippen LogP contribution is 2.24. The van der Waals surface area contributed by atoms with Crippen LogP contribution in [0, 0.1) is 5.82 Å². The van der Waals surface area contributed by atoms with Crippen LogP contribution in [0.4, 0.5) is 4.39 Å². The van der Waals surface area contributed by atoms with Crippen molar-refractivity contribution in [1.29, 1.82) is 0 Å². The SMILES string of the molecule is CCC1CN(S(=O)(=O)c2cccc(F)c2CN)CCN1C. The predicted molar refractivity (Wildman–Crippen MR) is 79.8 cm³/mol. The molecule has 0 saturated carbocycles. The van der Waals surface area contributed by atoms with Gasteiger partial charge >= 0.3 is 0 Å². The molecule has 0 amide bonds. The van der Waals surface area contributed by atoms with Crippen LogP contribution < -0.4 is 5.73 Å². The van der Waals surface area contributed by atoms with Gasteiger partial charge in [0.2, 0.25) is 10.0 Å². The van der Waals surface area contributed by atoms with Crippen LogP contribution in [-0.4, -0.2) is 50.3 Å². The quantitative estimate of drug-likeness (QED) is 0.900. The molecule has 1 saturated heterocycles. The molecule has 0 radical (unpaired) electrons. The van der Waals surface area contributed by atoms with Gasteiger partial charge in [0.25, 0.3) is 0 Å². The molecule has 2 rings (SSSR count). The monoisotopic (exact) mass is 315 g/mol. The minimum atomic E-state index is -3.71. The number of sulfonamides is 1. The fourth-order valence-electron chi connectivity index (χ4n) is 2.69. The average Bonchev–Trinajstić information content (AvgIpc) is 2.47. The molecule has 21 heavy (non-hydrogen) atoms. The molecule has 1 heterocycles. The first-order chi connectivity index (χ1) is 9.91. The largest absolute Gasteiger partial charge is 0.326 e. The molecule has 0 spiro atoms. The van der Waals surface area contributed by atoms with Gasteiger partial charge in [-0.3, -0.25) is 0 Å². The normalized spacial score (nSPS) is 21.6. The van der Waals surface area contributed by atoms with E-state index in [2.05, 4.69) is 4.90 Å². The van der Waals surface area contributed by atoms with Crippen LogP contribution in [0.3, 0.4) is 0 Å². The minimum absolute atomic E-state index is 0.00981. The summed E-state index contributed by atoms with van der Waals surface area (Å²) in [6, 6.07) is 4.26. The van der Waals surface area contributed by atoms with Crippen molar-refractivity contribution in [3.8, 4) is 0 Å². The van der Waals surface area contributed by atoms with Gasteiger partial charge < -0.3 is 10.6 Å². The molecule has 1 fully saturated rings. The van der Waals surface area contributed by atoms with E-state index in [1.807, 2.05) is 14.0 Å². The summed E-state index contributed by atoms with van der Waals surface area (Å²) in [7, 11) is -1.72. The maximum absolute atomic E-state index is 13.8. The Morgan fingerprint density at radius 3 is 2.71 bits per heavy atom. The molecule has 118 valence electrons. The topological polar surface area (TPSA) is 66.6 Å². The van der Waals surface area contributed by atoms with E-state index < -0.39 is 15.8 Å². The second kappa shape index (κ2) is 6.39. The third-order valence-corrected chi connectivity index (χ3v) is 6.06. The zero-order chi connectivity index (χ0) is 15.6. The zero-order valence-electron chi connectivity index (χ0n) is 12.4. The average molecular weight is 315 g/mol. The van der Waals surface area contributed by atoms with Crippen LogP contribution in [-0.2, 0) is 16.6 Å². The van der Waals surface area contributed by atoms with Crippen LogP contribution >= 0.6 is 0 Å². The van der Waals surface area contributed by atoms with Gasteiger partial charge in [0, 0.05) is 37.8 Å². The maximum atomic E-state index is 13.8. The van der Waals surface area contributed by atoms with Gasteiger partial charge in [-0.15, -0.1) is 0 Å². The van der Waals surface area contributed by atoms with E-state index in [1.54, 1.807) is 0 Å². The highest BCUT2D eigenvalue weighted by molar-refractivity contribution is 7.89. The Balaban J connectivity index is 2.37. The van der Waals surface area contributed by atoms with E-state index in [9.17, 15) is 12.8 Å². The van der Waals surface area contributed by atoms with E-state index >= 15 is 0 Å². The first-order valence-electron chi connectivity index (χ1n) is 7.09. The lowest BCUT2D eigenvalue weighted by Gasteiger charge is -2.38. The molecule has 1 aliphatic rings. The molecule has 1 unspecified atom stereocenters. The molecule has 7 heteroatoms. The standard InChI is InChI=1S/C14H22FN3O2S/c1-3-11-10-18(8-7-17(11)2)21(19,20)14-6-4-5-13(15)12(14)9-16/h4-6,11H,3,7-10,16H2,1-2H3. The van der Waals surface area contributed by atoms with E-state index in [1.165, 1.54) is 22.5 Å². The van der Waals surface area contributed by atoms with Crippen LogP contribution in [0.2, 0.25) is 0 Å². The van der Waals surface area contributed by atoms with Crippen molar-refractivity contribution in [3.05, 3.63) is 29.6 Å². The van der Waals surface area contributed by atoms with Gasteiger partial charge in [-0.05, 0) is 25.6 Å². The molecule has 0 bridgehead atoms. The van der Waals surface area contributed by atoms with Crippen molar-refractivity contribution in [1.82, 2.24) is 9.21 Å². The summed E-state index contributed by atoms with van der Waals surface area (Å²) in [5, 5.41) is 0. The van der Waals surface area contributed by atoms with Crippen molar-refractivity contribution >= 4 is 10.0 Å². The lowest BCUT2D eigenvalue weighted by molar-refractivity contribution is 0.144. The molecule has 1 aromatic rings. The summed E-state index contributed by atoms with van der Waals surface area (Å²) in [6.07, 6.45) is 0.870. The third kappa shape index (κ3) is 3.11. The van der Waals surface area contributed by atoms with Gasteiger partial charge in [-0.25, -0.2) is 12.8 Å². The van der Waals surface area contributed by atoms with E-state index in [0.717, 1.165) is 6.42 Å². The predicted octanol–water partition coefficient (Wildman–Crippen LogP) is 0.999. The Bertz CT molecular complexity index is 606. The number of hydrogen-bond donors (Lipinski definition) is 1. The Hall–Kier alpha value is -1.02. The fourth-order valence-corrected chi connectivity index (χ4v) is 4.41. The van der Waals surface area contributed by atoms with Gasteiger partial charge in [0.05, 0.1) is 4.90 Å². The Morgan fingerprint density at radius 2 is 2.10 bits per heavy atom. The summed E-state index contributed by atoms with van der Waals surface area (Å²) in [6.45, 7) is 3.41. The molecule has 1 aliphatic heterocycles. The van der Waals surface area contributed by atoms with E-state index in [-0.39, 0.29) is 23.0 Å². The van der Waals surface area contributed by atoms with E-state index in [4.69, 9.17) is 5.73 Å². The third-order valence-electron chi connectivity index (χ3n) is 4.11. The summed E-state index contributed by atoms with van der Waals surface area (Å²) in [5.41, 5.74) is 5.58. The molecule has 5 nitrogen and oxygen atoms in total. The van der Waals surface area contributed by atoms with Crippen molar-refractivity contribution in [2.24, 2.45) is 5.73 Å². The van der Waals surface area contributed by atoms with Crippen LogP contribution in [0.5, 0.6) is 0 Å². The number of benzene rings is 1. The molecule has 0 aromatic heterocycles. The minimum Gasteiger partial charge on any atom is -0.326 e. The molecular weight excluding hydrogens is 293 g/mol.